The molecule has 3 N–H and O–H groups in total. The summed E-state index contributed by atoms with van der Waals surface area (Å²) in [5, 5.41) is 2.93. The molecule has 0 aliphatic heterocycles. The Hall–Kier alpha value is -1.00. The van der Waals surface area contributed by atoms with Crippen LogP contribution in [-0.2, 0) is 17.1 Å². The number of anilines is 1. The van der Waals surface area contributed by atoms with Crippen LogP contribution in [-0.4, -0.2) is 16.5 Å². The zero-order valence-electron chi connectivity index (χ0n) is 11.2. The van der Waals surface area contributed by atoms with Crippen molar-refractivity contribution in [3.05, 3.63) is 90.7 Å². The van der Waals surface area contributed by atoms with Crippen molar-refractivity contribution in [2.75, 3.05) is 11.9 Å². The first-order valence-corrected chi connectivity index (χ1v) is 6.19. The van der Waals surface area contributed by atoms with Gasteiger partial charge >= 0.3 is 22.8 Å². The van der Waals surface area contributed by atoms with Crippen molar-refractivity contribution in [3.63, 3.8) is 0 Å². The Morgan fingerprint density at radius 2 is 1.48 bits per heavy atom. The third-order valence-electron chi connectivity index (χ3n) is 2.59. The summed E-state index contributed by atoms with van der Waals surface area (Å²) in [4.78, 5) is 26.5. The van der Waals surface area contributed by atoms with Gasteiger partial charge in [-0.3, -0.25) is 9.78 Å². The predicted octanol–water partition coefficient (Wildman–Crippen LogP) is 0.899. The van der Waals surface area contributed by atoms with E-state index in [0.29, 0.717) is 12.2 Å². The summed E-state index contributed by atoms with van der Waals surface area (Å²) in [6.07, 6.45) is 19.1. The SMILES string of the molecule is O=c1[nH]cc(NC[C]2[CH][CH][CH][CH]2)c(=O)[nH]1.[CH]1[CH][CH][CH][CH]1.[Fe+2]. The number of H-pyrrole nitrogens is 2. The molecule has 0 atom stereocenters. The van der Waals surface area contributed by atoms with Gasteiger partial charge in [0, 0.05) is 18.7 Å². The fourth-order valence-electron chi connectivity index (χ4n) is 1.59. The Morgan fingerprint density at radius 3 is 2.00 bits per heavy atom. The smallest absolute Gasteiger partial charge is 0.379 e. The van der Waals surface area contributed by atoms with Crippen molar-refractivity contribution in [1.82, 2.24) is 9.97 Å². The molecule has 3 rings (SSSR count). The Kier molecular flexibility index (Phi) is 8.47. The number of rotatable bonds is 3. The summed E-state index contributed by atoms with van der Waals surface area (Å²) in [7, 11) is 0. The van der Waals surface area contributed by atoms with E-state index in [1.54, 1.807) is 0 Å². The van der Waals surface area contributed by atoms with Crippen LogP contribution < -0.4 is 16.6 Å². The molecule has 0 saturated heterocycles. The van der Waals surface area contributed by atoms with Gasteiger partial charge in [-0.25, -0.2) is 4.79 Å². The first-order chi connectivity index (χ1) is 9.75. The summed E-state index contributed by atoms with van der Waals surface area (Å²) in [5.74, 6) is 1.08. The van der Waals surface area contributed by atoms with Crippen LogP contribution in [0.1, 0.15) is 0 Å². The molecule has 0 amide bonds. The second kappa shape index (κ2) is 9.85. The minimum absolute atomic E-state index is 0. The van der Waals surface area contributed by atoms with Crippen LogP contribution in [0.5, 0.6) is 0 Å². The van der Waals surface area contributed by atoms with E-state index in [-0.39, 0.29) is 17.1 Å². The molecule has 1 heterocycles. The zero-order chi connectivity index (χ0) is 14.2. The Labute approximate surface area is 135 Å². The molecule has 0 bridgehead atoms. The van der Waals surface area contributed by atoms with Crippen molar-refractivity contribution >= 4 is 5.69 Å². The maximum atomic E-state index is 11.3. The molecule has 6 heteroatoms. The van der Waals surface area contributed by atoms with E-state index < -0.39 is 11.2 Å². The zero-order valence-corrected chi connectivity index (χ0v) is 12.3. The second-order valence-electron chi connectivity index (χ2n) is 4.09. The van der Waals surface area contributed by atoms with E-state index in [2.05, 4.69) is 15.3 Å². The first kappa shape index (κ1) is 18.0. The number of aromatic amines is 2. The van der Waals surface area contributed by atoms with Gasteiger partial charge in [0.2, 0.25) is 0 Å². The standard InChI is InChI=1S/C10H10N3O2.C5H5.Fe/c14-9-8(6-12-10(15)13-9)11-5-7-3-1-2-4-7;1-2-4-5-3-1;/h1-4,6,11H,5H2,(H2,12,13,14,15);1-5H;/q;;+2. The number of hydrogen-bond donors (Lipinski definition) is 3. The van der Waals surface area contributed by atoms with Crippen LogP contribution in [0, 0.1) is 63.7 Å². The van der Waals surface area contributed by atoms with Crippen LogP contribution in [0.25, 0.3) is 0 Å². The van der Waals surface area contributed by atoms with E-state index >= 15 is 0 Å². The van der Waals surface area contributed by atoms with Gasteiger partial charge in [-0.05, 0) is 57.8 Å². The molecule has 2 saturated carbocycles. The topological polar surface area (TPSA) is 77.8 Å². The summed E-state index contributed by atoms with van der Waals surface area (Å²) < 4.78 is 0. The predicted molar refractivity (Wildman–Crippen MR) is 78.1 cm³/mol. The largest absolute Gasteiger partial charge is 2.00 e. The van der Waals surface area contributed by atoms with Gasteiger partial charge in [-0.2, -0.15) is 0 Å². The summed E-state index contributed by atoms with van der Waals surface area (Å²) >= 11 is 0. The van der Waals surface area contributed by atoms with Crippen molar-refractivity contribution in [2.45, 2.75) is 0 Å². The average Bonchev–Trinajstić information content (AvgIpc) is 3.14. The Bertz CT molecular complexity index is 495. The fourth-order valence-corrected chi connectivity index (χ4v) is 1.59. The van der Waals surface area contributed by atoms with Gasteiger partial charge in [-0.15, -0.1) is 0 Å². The van der Waals surface area contributed by atoms with Gasteiger partial charge < -0.3 is 10.3 Å². The molecule has 21 heavy (non-hydrogen) atoms. The quantitative estimate of drug-likeness (QED) is 0.723. The number of aromatic nitrogens is 2. The molecule has 10 radical (unpaired) electrons. The van der Waals surface area contributed by atoms with Crippen molar-refractivity contribution in [1.29, 1.82) is 0 Å². The molecule has 2 fully saturated rings. The monoisotopic (exact) mass is 325 g/mol. The van der Waals surface area contributed by atoms with Crippen LogP contribution in [0.15, 0.2) is 15.8 Å². The van der Waals surface area contributed by atoms with Crippen LogP contribution >= 0.6 is 0 Å². The van der Waals surface area contributed by atoms with E-state index in [4.69, 9.17) is 0 Å². The van der Waals surface area contributed by atoms with Gasteiger partial charge in [-0.1, -0.05) is 0 Å². The van der Waals surface area contributed by atoms with Gasteiger partial charge in [0.05, 0.1) is 0 Å². The molecule has 0 aromatic carbocycles. The molecule has 1 aromatic rings. The molecule has 5 nitrogen and oxygen atoms in total. The molecule has 0 unspecified atom stereocenters. The molecule has 2 aliphatic carbocycles. The van der Waals surface area contributed by atoms with Gasteiger partial charge in [0.25, 0.3) is 5.56 Å². The van der Waals surface area contributed by atoms with Crippen molar-refractivity contribution in [2.24, 2.45) is 0 Å². The number of nitrogens with one attached hydrogen (secondary N) is 3. The second-order valence-corrected chi connectivity index (χ2v) is 4.09. The normalized spacial score (nSPS) is 17.7. The van der Waals surface area contributed by atoms with E-state index in [9.17, 15) is 9.59 Å². The summed E-state index contributed by atoms with van der Waals surface area (Å²) in [6, 6.07) is 0. The molecular weight excluding hydrogens is 310 g/mol. The Morgan fingerprint density at radius 1 is 0.905 bits per heavy atom. The van der Waals surface area contributed by atoms with Crippen LogP contribution in [0.3, 0.4) is 0 Å². The molecular formula is C15H15FeN3O2+2. The minimum atomic E-state index is -0.501. The summed E-state index contributed by atoms with van der Waals surface area (Å²) in [6.45, 7) is 0.558. The van der Waals surface area contributed by atoms with Crippen LogP contribution in [0.4, 0.5) is 5.69 Å². The third kappa shape index (κ3) is 6.53. The van der Waals surface area contributed by atoms with E-state index in [1.807, 2.05) is 57.8 Å². The van der Waals surface area contributed by atoms with Crippen LogP contribution in [0.2, 0.25) is 0 Å². The maximum absolute atomic E-state index is 11.3. The van der Waals surface area contributed by atoms with Gasteiger partial charge in [0.1, 0.15) is 5.69 Å². The van der Waals surface area contributed by atoms with E-state index in [0.717, 1.165) is 5.92 Å². The maximum Gasteiger partial charge on any atom is 2.00 e. The van der Waals surface area contributed by atoms with E-state index in [1.165, 1.54) is 6.20 Å². The molecule has 108 valence electrons. The first-order valence-electron chi connectivity index (χ1n) is 6.19. The Balaban J connectivity index is 0.000000313. The number of hydrogen-bond acceptors (Lipinski definition) is 3. The minimum Gasteiger partial charge on any atom is -0.379 e. The third-order valence-corrected chi connectivity index (χ3v) is 2.59. The summed E-state index contributed by atoms with van der Waals surface area (Å²) in [5.41, 5.74) is -0.556. The van der Waals surface area contributed by atoms with Crippen molar-refractivity contribution in [3.8, 4) is 0 Å². The average molecular weight is 325 g/mol. The van der Waals surface area contributed by atoms with Gasteiger partial charge in [0.15, 0.2) is 0 Å². The van der Waals surface area contributed by atoms with Crippen molar-refractivity contribution < 1.29 is 17.1 Å². The fraction of sp³-hybridized carbons (Fsp3) is 0.0667. The molecule has 2 aliphatic rings. The molecule has 1 aromatic heterocycles. The molecule has 0 spiro atoms.